The van der Waals surface area contributed by atoms with Crippen molar-refractivity contribution in [2.45, 2.75) is 32.9 Å². The van der Waals surface area contributed by atoms with Crippen molar-refractivity contribution in [3.05, 3.63) is 35.9 Å². The summed E-state index contributed by atoms with van der Waals surface area (Å²) >= 11 is 0. The van der Waals surface area contributed by atoms with Crippen LogP contribution in [-0.2, 0) is 11.3 Å². The van der Waals surface area contributed by atoms with Crippen LogP contribution in [0, 0.1) is 11.8 Å². The van der Waals surface area contributed by atoms with Crippen molar-refractivity contribution < 1.29 is 9.53 Å². The van der Waals surface area contributed by atoms with Crippen LogP contribution >= 0.6 is 0 Å². The maximum Gasteiger partial charge on any atom is 0.410 e. The first kappa shape index (κ1) is 15.3. The van der Waals surface area contributed by atoms with Crippen molar-refractivity contribution >= 4 is 6.09 Å². The van der Waals surface area contributed by atoms with Crippen LogP contribution in [0.4, 0.5) is 4.79 Å². The van der Waals surface area contributed by atoms with Crippen LogP contribution in [0.25, 0.3) is 0 Å². The van der Waals surface area contributed by atoms with E-state index in [0.717, 1.165) is 32.7 Å². The maximum absolute atomic E-state index is 12.2. The second-order valence-electron chi connectivity index (χ2n) is 7.59. The molecule has 120 valence electrons. The molecule has 22 heavy (non-hydrogen) atoms. The van der Waals surface area contributed by atoms with Crippen molar-refractivity contribution in [3.8, 4) is 0 Å². The summed E-state index contributed by atoms with van der Waals surface area (Å²) in [5.74, 6) is 1.19. The average Bonchev–Trinajstić information content (AvgIpc) is 2.96. The fourth-order valence-corrected chi connectivity index (χ4v) is 3.54. The Balaban J connectivity index is 1.51. The highest BCUT2D eigenvalue weighted by Crippen LogP contribution is 2.32. The van der Waals surface area contributed by atoms with E-state index in [9.17, 15) is 4.79 Å². The Morgan fingerprint density at radius 3 is 2.23 bits per heavy atom. The molecule has 2 aliphatic rings. The minimum atomic E-state index is -0.409. The molecule has 3 rings (SSSR count). The smallest absolute Gasteiger partial charge is 0.410 e. The number of amides is 1. The monoisotopic (exact) mass is 302 g/mol. The summed E-state index contributed by atoms with van der Waals surface area (Å²) in [6, 6.07) is 10.6. The van der Waals surface area contributed by atoms with Crippen LogP contribution in [0.2, 0.25) is 0 Å². The van der Waals surface area contributed by atoms with Gasteiger partial charge in [-0.25, -0.2) is 4.79 Å². The largest absolute Gasteiger partial charge is 0.444 e. The molecule has 2 heterocycles. The van der Waals surface area contributed by atoms with Crippen molar-refractivity contribution in [2.24, 2.45) is 11.8 Å². The third kappa shape index (κ3) is 3.61. The fraction of sp³-hybridized carbons (Fsp3) is 0.611. The van der Waals surface area contributed by atoms with Gasteiger partial charge in [0.2, 0.25) is 0 Å². The van der Waals surface area contributed by atoms with Crippen LogP contribution < -0.4 is 0 Å². The van der Waals surface area contributed by atoms with Gasteiger partial charge in [-0.05, 0) is 38.2 Å². The average molecular weight is 302 g/mol. The summed E-state index contributed by atoms with van der Waals surface area (Å²) in [4.78, 5) is 16.6. The molecule has 2 atom stereocenters. The molecule has 0 N–H and O–H groups in total. The third-order valence-corrected chi connectivity index (χ3v) is 4.46. The van der Waals surface area contributed by atoms with Gasteiger partial charge in [-0.2, -0.15) is 0 Å². The van der Waals surface area contributed by atoms with E-state index in [2.05, 4.69) is 35.2 Å². The minimum absolute atomic E-state index is 0.156. The van der Waals surface area contributed by atoms with Crippen molar-refractivity contribution in [1.82, 2.24) is 9.80 Å². The Morgan fingerprint density at radius 1 is 1.09 bits per heavy atom. The molecule has 1 amide bonds. The standard InChI is InChI=1S/C18H26N2O2/c1-18(2,3)22-17(21)20-12-15-10-19(11-16(15)13-20)9-14-7-5-4-6-8-14/h4-8,15-16H,9-13H2,1-3H3/t15-,16-/m0/s1. The number of likely N-dealkylation sites (tertiary alicyclic amines) is 2. The Hall–Kier alpha value is -1.55. The zero-order valence-corrected chi connectivity index (χ0v) is 13.8. The highest BCUT2D eigenvalue weighted by molar-refractivity contribution is 5.68. The maximum atomic E-state index is 12.2. The molecule has 0 spiro atoms. The minimum Gasteiger partial charge on any atom is -0.444 e. The van der Waals surface area contributed by atoms with Gasteiger partial charge in [0.05, 0.1) is 0 Å². The van der Waals surface area contributed by atoms with Gasteiger partial charge in [0.1, 0.15) is 5.60 Å². The zero-order chi connectivity index (χ0) is 15.7. The lowest BCUT2D eigenvalue weighted by Gasteiger charge is -2.26. The summed E-state index contributed by atoms with van der Waals surface area (Å²) in [5, 5.41) is 0. The van der Waals surface area contributed by atoms with E-state index < -0.39 is 5.60 Å². The van der Waals surface area contributed by atoms with E-state index in [1.54, 1.807) is 0 Å². The van der Waals surface area contributed by atoms with E-state index in [1.165, 1.54) is 5.56 Å². The summed E-state index contributed by atoms with van der Waals surface area (Å²) in [6.07, 6.45) is -0.156. The third-order valence-electron chi connectivity index (χ3n) is 4.46. The van der Waals surface area contributed by atoms with Gasteiger partial charge in [-0.15, -0.1) is 0 Å². The first-order valence-corrected chi connectivity index (χ1v) is 8.15. The fourth-order valence-electron chi connectivity index (χ4n) is 3.54. The van der Waals surface area contributed by atoms with E-state index in [1.807, 2.05) is 25.7 Å². The number of rotatable bonds is 2. The molecule has 1 aromatic carbocycles. The summed E-state index contributed by atoms with van der Waals surface area (Å²) < 4.78 is 5.48. The number of fused-ring (bicyclic) bond motifs is 1. The van der Waals surface area contributed by atoms with Crippen LogP contribution in [0.15, 0.2) is 30.3 Å². The Bertz CT molecular complexity index is 510. The van der Waals surface area contributed by atoms with Crippen LogP contribution in [0.3, 0.4) is 0 Å². The predicted octanol–water partition coefficient (Wildman–Crippen LogP) is 2.99. The molecule has 0 aromatic heterocycles. The first-order valence-electron chi connectivity index (χ1n) is 8.15. The van der Waals surface area contributed by atoms with Gasteiger partial charge in [-0.3, -0.25) is 4.90 Å². The summed E-state index contributed by atoms with van der Waals surface area (Å²) in [7, 11) is 0. The summed E-state index contributed by atoms with van der Waals surface area (Å²) in [5.41, 5.74) is 0.959. The Labute approximate surface area is 133 Å². The van der Waals surface area contributed by atoms with E-state index >= 15 is 0 Å². The molecular weight excluding hydrogens is 276 g/mol. The molecular formula is C18H26N2O2. The summed E-state index contributed by atoms with van der Waals surface area (Å²) in [6.45, 7) is 10.6. The van der Waals surface area contributed by atoms with Gasteiger partial charge in [0.15, 0.2) is 0 Å². The molecule has 2 saturated heterocycles. The SMILES string of the molecule is CC(C)(C)OC(=O)N1C[C@@H]2CN(Cc3ccccc3)C[C@H]2C1. The van der Waals surface area contributed by atoms with Crippen molar-refractivity contribution in [1.29, 1.82) is 0 Å². The second kappa shape index (κ2) is 5.92. The lowest BCUT2D eigenvalue weighted by Crippen LogP contribution is -2.37. The van der Waals surface area contributed by atoms with Gasteiger partial charge >= 0.3 is 6.09 Å². The molecule has 0 radical (unpaired) electrons. The number of benzene rings is 1. The molecule has 0 bridgehead atoms. The van der Waals surface area contributed by atoms with E-state index in [4.69, 9.17) is 4.74 Å². The zero-order valence-electron chi connectivity index (χ0n) is 13.8. The quantitative estimate of drug-likeness (QED) is 0.842. The van der Waals surface area contributed by atoms with Gasteiger partial charge < -0.3 is 9.64 Å². The van der Waals surface area contributed by atoms with Gasteiger partial charge in [0, 0.05) is 32.7 Å². The molecule has 0 unspecified atom stereocenters. The molecule has 4 nitrogen and oxygen atoms in total. The Morgan fingerprint density at radius 2 is 1.68 bits per heavy atom. The number of ether oxygens (including phenoxy) is 1. The highest BCUT2D eigenvalue weighted by atomic mass is 16.6. The first-order chi connectivity index (χ1) is 10.4. The van der Waals surface area contributed by atoms with Crippen LogP contribution in [0.5, 0.6) is 0 Å². The number of carbonyl (C=O) groups is 1. The van der Waals surface area contributed by atoms with Gasteiger partial charge in [0.25, 0.3) is 0 Å². The molecule has 0 aliphatic carbocycles. The Kier molecular flexibility index (Phi) is 4.13. The number of hydrogen-bond donors (Lipinski definition) is 0. The van der Waals surface area contributed by atoms with E-state index in [0.29, 0.717) is 11.8 Å². The highest BCUT2D eigenvalue weighted by Gasteiger charge is 2.42. The molecule has 2 aliphatic heterocycles. The van der Waals surface area contributed by atoms with Crippen molar-refractivity contribution in [2.75, 3.05) is 26.2 Å². The lowest BCUT2D eigenvalue weighted by atomic mass is 10.0. The van der Waals surface area contributed by atoms with Crippen LogP contribution in [0.1, 0.15) is 26.3 Å². The molecule has 4 heteroatoms. The van der Waals surface area contributed by atoms with Gasteiger partial charge in [-0.1, -0.05) is 30.3 Å². The molecule has 0 saturated carbocycles. The lowest BCUT2D eigenvalue weighted by molar-refractivity contribution is 0.0274. The number of hydrogen-bond acceptors (Lipinski definition) is 3. The normalized spacial score (nSPS) is 25.3. The molecule has 1 aromatic rings. The van der Waals surface area contributed by atoms with Crippen molar-refractivity contribution in [3.63, 3.8) is 0 Å². The molecule has 2 fully saturated rings. The number of nitrogens with zero attached hydrogens (tertiary/aromatic N) is 2. The topological polar surface area (TPSA) is 32.8 Å². The van der Waals surface area contributed by atoms with E-state index in [-0.39, 0.29) is 6.09 Å². The number of carbonyl (C=O) groups excluding carboxylic acids is 1. The van der Waals surface area contributed by atoms with Crippen LogP contribution in [-0.4, -0.2) is 47.7 Å². The second-order valence-corrected chi connectivity index (χ2v) is 7.59. The predicted molar refractivity (Wildman–Crippen MR) is 86.5 cm³/mol.